The van der Waals surface area contributed by atoms with Gasteiger partial charge in [-0.25, -0.2) is 0 Å². The predicted molar refractivity (Wildman–Crippen MR) is 51.2 cm³/mol. The molecule has 0 aliphatic carbocycles. The topological polar surface area (TPSA) is 23.9 Å². The van der Waals surface area contributed by atoms with E-state index in [1.54, 1.807) is 6.92 Å². The summed E-state index contributed by atoms with van der Waals surface area (Å²) in [5, 5.41) is 7.22. The maximum atomic E-state index is 7.22. The van der Waals surface area contributed by atoms with Crippen LogP contribution < -0.4 is 0 Å². The van der Waals surface area contributed by atoms with Crippen LogP contribution in [0.1, 0.15) is 34.1 Å². The molecule has 0 saturated heterocycles. The van der Waals surface area contributed by atoms with E-state index in [1.807, 2.05) is 13.0 Å². The van der Waals surface area contributed by atoms with Crippen LogP contribution in [0.4, 0.5) is 0 Å². The molecule has 0 aromatic carbocycles. The Labute approximate surface area is 69.3 Å². The highest BCUT2D eigenvalue weighted by molar-refractivity contribution is 5.90. The largest absolute Gasteiger partial charge is 0.306 e. The van der Waals surface area contributed by atoms with E-state index in [9.17, 15) is 0 Å². The van der Waals surface area contributed by atoms with Gasteiger partial charge in [0.2, 0.25) is 0 Å². The fourth-order valence-electron chi connectivity index (χ4n) is 0.874. The average molecular weight is 151 g/mol. The third-order valence-electron chi connectivity index (χ3n) is 1.48. The van der Waals surface area contributed by atoms with E-state index < -0.39 is 0 Å². The van der Waals surface area contributed by atoms with Gasteiger partial charge in [-0.3, -0.25) is 0 Å². The Morgan fingerprint density at radius 3 is 2.09 bits per heavy atom. The van der Waals surface area contributed by atoms with Gasteiger partial charge >= 0.3 is 0 Å². The van der Waals surface area contributed by atoms with Crippen LogP contribution in [0, 0.1) is 5.41 Å². The van der Waals surface area contributed by atoms with Crippen LogP contribution in [0.25, 0.3) is 0 Å². The lowest BCUT2D eigenvalue weighted by Crippen LogP contribution is -1.82. The molecule has 62 valence electrons. The predicted octanol–water partition coefficient (Wildman–Crippen LogP) is 3.33. The Balaban J connectivity index is 4.26. The zero-order valence-electron chi connectivity index (χ0n) is 7.86. The van der Waals surface area contributed by atoms with Gasteiger partial charge in [-0.15, -0.1) is 0 Å². The van der Waals surface area contributed by atoms with Crippen LogP contribution in [-0.4, -0.2) is 5.71 Å². The number of hydrogen-bond acceptors (Lipinski definition) is 1. The molecule has 0 fully saturated rings. The molecule has 0 unspecified atom stereocenters. The van der Waals surface area contributed by atoms with Gasteiger partial charge in [0.1, 0.15) is 0 Å². The van der Waals surface area contributed by atoms with Crippen molar-refractivity contribution in [1.29, 1.82) is 5.41 Å². The lowest BCUT2D eigenvalue weighted by molar-refractivity contribution is 1.09. The molecule has 0 aliphatic rings. The minimum absolute atomic E-state index is 0.614. The van der Waals surface area contributed by atoms with Gasteiger partial charge in [-0.2, -0.15) is 0 Å². The molecular weight excluding hydrogens is 134 g/mol. The van der Waals surface area contributed by atoms with Gasteiger partial charge in [0.05, 0.1) is 0 Å². The van der Waals surface area contributed by atoms with Crippen LogP contribution in [-0.2, 0) is 0 Å². The first-order valence-electron chi connectivity index (χ1n) is 3.97. The lowest BCUT2D eigenvalue weighted by atomic mass is 10.1. The Hall–Kier alpha value is -0.850. The van der Waals surface area contributed by atoms with Gasteiger partial charge < -0.3 is 5.41 Å². The summed E-state index contributed by atoms with van der Waals surface area (Å²) < 4.78 is 0. The molecule has 0 radical (unpaired) electrons. The smallest absolute Gasteiger partial charge is 0.0285 e. The minimum Gasteiger partial charge on any atom is -0.306 e. The van der Waals surface area contributed by atoms with Crippen LogP contribution in [0.5, 0.6) is 0 Å². The normalized spacial score (nSPS) is 13.5. The van der Waals surface area contributed by atoms with Crippen molar-refractivity contribution >= 4 is 5.71 Å². The highest BCUT2D eigenvalue weighted by Crippen LogP contribution is 2.04. The zero-order valence-corrected chi connectivity index (χ0v) is 7.86. The molecule has 0 heterocycles. The van der Waals surface area contributed by atoms with Gasteiger partial charge in [0.25, 0.3) is 0 Å². The van der Waals surface area contributed by atoms with E-state index >= 15 is 0 Å². The number of rotatable bonds is 3. The van der Waals surface area contributed by atoms with E-state index in [-0.39, 0.29) is 0 Å². The van der Waals surface area contributed by atoms with E-state index in [4.69, 9.17) is 5.41 Å². The van der Waals surface area contributed by atoms with Crippen molar-refractivity contribution in [2.24, 2.45) is 0 Å². The standard InChI is InChI=1S/C10H17N/c1-5-8(2)6-9(3)7-10(4)11/h6-7,11H,5H2,1-4H3/b8-6+,9-7+,11-10?. The zero-order chi connectivity index (χ0) is 8.85. The summed E-state index contributed by atoms with van der Waals surface area (Å²) in [6.45, 7) is 8.06. The van der Waals surface area contributed by atoms with E-state index in [2.05, 4.69) is 19.9 Å². The highest BCUT2D eigenvalue weighted by Gasteiger charge is 1.86. The number of nitrogens with one attached hydrogen (secondary N) is 1. The summed E-state index contributed by atoms with van der Waals surface area (Å²) in [6, 6.07) is 0. The number of hydrogen-bond donors (Lipinski definition) is 1. The summed E-state index contributed by atoms with van der Waals surface area (Å²) in [4.78, 5) is 0. The van der Waals surface area contributed by atoms with Crippen LogP contribution in [0.3, 0.4) is 0 Å². The van der Waals surface area contributed by atoms with E-state index in [1.165, 1.54) is 5.57 Å². The third kappa shape index (κ3) is 5.59. The van der Waals surface area contributed by atoms with Crippen molar-refractivity contribution in [3.05, 3.63) is 23.3 Å². The van der Waals surface area contributed by atoms with Crippen molar-refractivity contribution in [2.75, 3.05) is 0 Å². The summed E-state index contributed by atoms with van der Waals surface area (Å²) in [6.07, 6.45) is 5.08. The Morgan fingerprint density at radius 1 is 1.18 bits per heavy atom. The van der Waals surface area contributed by atoms with Crippen molar-refractivity contribution < 1.29 is 0 Å². The van der Waals surface area contributed by atoms with Crippen LogP contribution >= 0.6 is 0 Å². The summed E-state index contributed by atoms with van der Waals surface area (Å²) in [5.41, 5.74) is 3.14. The Bertz CT molecular complexity index is 197. The van der Waals surface area contributed by atoms with Crippen molar-refractivity contribution in [1.82, 2.24) is 0 Å². The molecule has 0 spiro atoms. The minimum atomic E-state index is 0.614. The van der Waals surface area contributed by atoms with Gasteiger partial charge in [0.15, 0.2) is 0 Å². The monoisotopic (exact) mass is 151 g/mol. The maximum absolute atomic E-state index is 7.22. The van der Waals surface area contributed by atoms with E-state index in [0.29, 0.717) is 5.71 Å². The van der Waals surface area contributed by atoms with Crippen LogP contribution in [0.15, 0.2) is 23.3 Å². The maximum Gasteiger partial charge on any atom is 0.0285 e. The Morgan fingerprint density at radius 2 is 1.73 bits per heavy atom. The average Bonchev–Trinajstić information content (AvgIpc) is 1.85. The SMILES string of the molecule is CC/C(C)=C/C(C)=C/C(C)=N. The second kappa shape index (κ2) is 4.89. The number of allylic oxidation sites excluding steroid dienone is 4. The molecule has 1 nitrogen and oxygen atoms in total. The molecule has 1 N–H and O–H groups in total. The summed E-state index contributed by atoms with van der Waals surface area (Å²) >= 11 is 0. The fraction of sp³-hybridized carbons (Fsp3) is 0.500. The molecule has 0 atom stereocenters. The molecular formula is C10H17N. The quantitative estimate of drug-likeness (QED) is 0.472. The first-order valence-corrected chi connectivity index (χ1v) is 3.97. The molecule has 0 aromatic heterocycles. The molecule has 0 saturated carbocycles. The summed E-state index contributed by atoms with van der Waals surface area (Å²) in [5.74, 6) is 0. The molecule has 0 amide bonds. The van der Waals surface area contributed by atoms with Gasteiger partial charge in [0, 0.05) is 5.71 Å². The molecule has 0 rings (SSSR count). The first-order chi connectivity index (χ1) is 5.06. The van der Waals surface area contributed by atoms with Crippen LogP contribution in [0.2, 0.25) is 0 Å². The second-order valence-electron chi connectivity index (χ2n) is 2.92. The second-order valence-corrected chi connectivity index (χ2v) is 2.92. The fourth-order valence-corrected chi connectivity index (χ4v) is 0.874. The Kier molecular flexibility index (Phi) is 4.51. The van der Waals surface area contributed by atoms with Crippen molar-refractivity contribution in [3.63, 3.8) is 0 Å². The van der Waals surface area contributed by atoms with Gasteiger partial charge in [-0.1, -0.05) is 18.6 Å². The van der Waals surface area contributed by atoms with E-state index in [0.717, 1.165) is 12.0 Å². The molecule has 11 heavy (non-hydrogen) atoms. The third-order valence-corrected chi connectivity index (χ3v) is 1.48. The molecule has 0 aromatic rings. The molecule has 0 aliphatic heterocycles. The highest BCUT2D eigenvalue weighted by atomic mass is 14.4. The molecule has 1 heteroatoms. The first kappa shape index (κ1) is 10.2. The molecule has 0 bridgehead atoms. The van der Waals surface area contributed by atoms with Gasteiger partial charge in [-0.05, 0) is 38.8 Å². The summed E-state index contributed by atoms with van der Waals surface area (Å²) in [7, 11) is 0. The lowest BCUT2D eigenvalue weighted by Gasteiger charge is -1.95. The van der Waals surface area contributed by atoms with Crippen molar-refractivity contribution in [3.8, 4) is 0 Å². The van der Waals surface area contributed by atoms with Crippen molar-refractivity contribution in [2.45, 2.75) is 34.1 Å².